The second kappa shape index (κ2) is 3.55. The van der Waals surface area contributed by atoms with E-state index in [-0.39, 0.29) is 17.7 Å². The first kappa shape index (κ1) is 11.2. The van der Waals surface area contributed by atoms with E-state index in [1.807, 2.05) is 37.3 Å². The molecule has 3 heteroatoms. The van der Waals surface area contributed by atoms with E-state index in [1.165, 1.54) is 6.92 Å². The summed E-state index contributed by atoms with van der Waals surface area (Å²) in [6, 6.07) is 7.64. The summed E-state index contributed by atoms with van der Waals surface area (Å²) in [6.45, 7) is 3.23. The zero-order valence-corrected chi connectivity index (χ0v) is 10.4. The Morgan fingerprint density at radius 2 is 2.11 bits per heavy atom. The fraction of sp³-hybridized carbons (Fsp3) is 0.333. The molecule has 0 unspecified atom stereocenters. The molecule has 18 heavy (non-hydrogen) atoms. The number of hydrogen-bond acceptors (Lipinski definition) is 3. The smallest absolute Gasteiger partial charge is 0.307 e. The quantitative estimate of drug-likeness (QED) is 0.711. The van der Waals surface area contributed by atoms with Crippen LogP contribution in [0, 0.1) is 5.41 Å². The van der Waals surface area contributed by atoms with Crippen molar-refractivity contribution in [2.45, 2.75) is 26.2 Å². The second-order valence-electron chi connectivity index (χ2n) is 5.18. The number of benzene rings is 1. The third-order valence-corrected chi connectivity index (χ3v) is 3.88. The maximum atomic E-state index is 12.6. The number of Topliss-reactive ketones (excluding diaryl/α,β-unsaturated/α-hetero) is 1. The fourth-order valence-electron chi connectivity index (χ4n) is 3.00. The van der Waals surface area contributed by atoms with Crippen molar-refractivity contribution in [3.63, 3.8) is 0 Å². The van der Waals surface area contributed by atoms with E-state index in [2.05, 4.69) is 0 Å². The Labute approximate surface area is 105 Å². The molecule has 0 saturated heterocycles. The van der Waals surface area contributed by atoms with Crippen LogP contribution in [-0.2, 0) is 9.53 Å². The normalized spacial score (nSPS) is 28.7. The first-order valence-corrected chi connectivity index (χ1v) is 6.07. The molecule has 2 aliphatic rings. The van der Waals surface area contributed by atoms with Gasteiger partial charge in [-0.25, -0.2) is 0 Å². The molecule has 0 amide bonds. The average Bonchev–Trinajstić information content (AvgIpc) is 2.62. The molecule has 1 aromatic rings. The van der Waals surface area contributed by atoms with Gasteiger partial charge in [0.2, 0.25) is 0 Å². The highest BCUT2D eigenvalue weighted by molar-refractivity contribution is 6.05. The molecule has 0 spiro atoms. The lowest BCUT2D eigenvalue weighted by molar-refractivity contribution is -0.138. The maximum Gasteiger partial charge on any atom is 0.307 e. The van der Waals surface area contributed by atoms with Crippen LogP contribution in [0.1, 0.15) is 42.1 Å². The van der Waals surface area contributed by atoms with Crippen molar-refractivity contribution in [3.05, 3.63) is 47.2 Å². The number of carbonyl (C=O) groups is 2. The van der Waals surface area contributed by atoms with Crippen LogP contribution >= 0.6 is 0 Å². The average molecular weight is 242 g/mol. The first-order chi connectivity index (χ1) is 8.52. The Bertz CT molecular complexity index is 585. The van der Waals surface area contributed by atoms with Gasteiger partial charge < -0.3 is 4.74 Å². The third kappa shape index (κ3) is 1.37. The lowest BCUT2D eigenvalue weighted by Gasteiger charge is -2.31. The summed E-state index contributed by atoms with van der Waals surface area (Å²) in [7, 11) is 0. The Morgan fingerprint density at radius 3 is 2.83 bits per heavy atom. The number of fused-ring (bicyclic) bond motifs is 4. The van der Waals surface area contributed by atoms with Crippen LogP contribution < -0.4 is 0 Å². The number of carbonyl (C=O) groups excluding carboxylic acids is 2. The lowest BCUT2D eigenvalue weighted by atomic mass is 9.71. The lowest BCUT2D eigenvalue weighted by Crippen LogP contribution is -2.33. The molecule has 1 aromatic carbocycles. The fourth-order valence-corrected chi connectivity index (χ4v) is 3.00. The number of ether oxygens (including phenoxy) is 1. The monoisotopic (exact) mass is 242 g/mol. The highest BCUT2D eigenvalue weighted by Crippen LogP contribution is 2.53. The minimum atomic E-state index is -0.676. The van der Waals surface area contributed by atoms with Gasteiger partial charge in [-0.15, -0.1) is 0 Å². The van der Waals surface area contributed by atoms with E-state index in [4.69, 9.17) is 4.74 Å². The number of rotatable bonds is 1. The predicted molar refractivity (Wildman–Crippen MR) is 66.1 cm³/mol. The molecule has 0 saturated carbocycles. The maximum absolute atomic E-state index is 12.6. The molecule has 0 fully saturated rings. The second-order valence-corrected chi connectivity index (χ2v) is 5.18. The third-order valence-electron chi connectivity index (χ3n) is 3.88. The Morgan fingerprint density at radius 1 is 1.39 bits per heavy atom. The zero-order chi connectivity index (χ0) is 12.9. The van der Waals surface area contributed by atoms with Gasteiger partial charge >= 0.3 is 5.97 Å². The van der Waals surface area contributed by atoms with Crippen molar-refractivity contribution >= 4 is 11.8 Å². The van der Waals surface area contributed by atoms with Crippen LogP contribution in [0.4, 0.5) is 0 Å². The van der Waals surface area contributed by atoms with E-state index < -0.39 is 5.41 Å². The topological polar surface area (TPSA) is 43.4 Å². The number of allylic oxidation sites excluding steroid dienone is 2. The van der Waals surface area contributed by atoms with E-state index in [9.17, 15) is 9.59 Å². The summed E-state index contributed by atoms with van der Waals surface area (Å²) >= 11 is 0. The van der Waals surface area contributed by atoms with Crippen molar-refractivity contribution in [3.8, 4) is 0 Å². The largest absolute Gasteiger partial charge is 0.430 e. The van der Waals surface area contributed by atoms with Gasteiger partial charge in [-0.3, -0.25) is 9.59 Å². The molecule has 0 aromatic heterocycles. The highest BCUT2D eigenvalue weighted by atomic mass is 16.5. The Hall–Kier alpha value is -1.90. The molecule has 0 aliphatic heterocycles. The molecule has 2 atom stereocenters. The molecule has 2 aliphatic carbocycles. The summed E-state index contributed by atoms with van der Waals surface area (Å²) in [6.07, 6.45) is 2.62. The van der Waals surface area contributed by atoms with Crippen LogP contribution in [-0.4, -0.2) is 11.8 Å². The van der Waals surface area contributed by atoms with E-state index in [0.29, 0.717) is 12.2 Å². The molecule has 0 N–H and O–H groups in total. The van der Waals surface area contributed by atoms with Gasteiger partial charge in [0.05, 0.1) is 5.41 Å². The molecule has 3 rings (SSSR count). The zero-order valence-electron chi connectivity index (χ0n) is 10.4. The van der Waals surface area contributed by atoms with Crippen molar-refractivity contribution < 1.29 is 14.3 Å². The van der Waals surface area contributed by atoms with Crippen LogP contribution in [0.2, 0.25) is 0 Å². The minimum absolute atomic E-state index is 0.0550. The van der Waals surface area contributed by atoms with Gasteiger partial charge in [0.1, 0.15) is 5.76 Å². The van der Waals surface area contributed by atoms with Gasteiger partial charge in [-0.05, 0) is 25.0 Å². The summed E-state index contributed by atoms with van der Waals surface area (Å²) in [5.74, 6) is 0.380. The molecule has 0 heterocycles. The van der Waals surface area contributed by atoms with Crippen LogP contribution in [0.5, 0.6) is 0 Å². The van der Waals surface area contributed by atoms with Crippen molar-refractivity contribution in [1.29, 1.82) is 0 Å². The van der Waals surface area contributed by atoms with Crippen LogP contribution in [0.15, 0.2) is 36.1 Å². The first-order valence-electron chi connectivity index (χ1n) is 6.07. The number of ketones is 1. The Balaban J connectivity index is 2.12. The minimum Gasteiger partial charge on any atom is -0.430 e. The van der Waals surface area contributed by atoms with Crippen molar-refractivity contribution in [2.24, 2.45) is 5.41 Å². The van der Waals surface area contributed by atoms with E-state index in [0.717, 1.165) is 11.1 Å². The highest BCUT2D eigenvalue weighted by Gasteiger charge is 2.50. The van der Waals surface area contributed by atoms with Gasteiger partial charge in [0.15, 0.2) is 5.78 Å². The molecule has 3 nitrogen and oxygen atoms in total. The van der Waals surface area contributed by atoms with Crippen molar-refractivity contribution in [1.82, 2.24) is 0 Å². The van der Waals surface area contributed by atoms with Crippen LogP contribution in [0.3, 0.4) is 0 Å². The molecule has 2 bridgehead atoms. The summed E-state index contributed by atoms with van der Waals surface area (Å²) in [4.78, 5) is 23.7. The predicted octanol–water partition coefficient (Wildman–Crippen LogP) is 2.82. The number of hydrogen-bond donors (Lipinski definition) is 0. The standard InChI is InChI=1S/C15H14O3/c1-9(16)18-13-7-10-8-15(13,2)14(17)12-6-4-3-5-11(10)12/h3-7,10H,8H2,1-2H3/t10-,15-/m1/s1. The van der Waals surface area contributed by atoms with Gasteiger partial charge in [-0.1, -0.05) is 24.3 Å². The SMILES string of the molecule is CC(=O)OC1=C[C@@H]2C[C@@]1(C)C(=O)c1ccccc12. The molecular weight excluding hydrogens is 228 g/mol. The summed E-state index contributed by atoms with van der Waals surface area (Å²) in [5.41, 5.74) is 1.13. The summed E-state index contributed by atoms with van der Waals surface area (Å²) in [5, 5.41) is 0. The van der Waals surface area contributed by atoms with Gasteiger partial charge in [0.25, 0.3) is 0 Å². The summed E-state index contributed by atoms with van der Waals surface area (Å²) < 4.78 is 5.23. The number of esters is 1. The van der Waals surface area contributed by atoms with Gasteiger partial charge in [-0.2, -0.15) is 0 Å². The molecular formula is C15H14O3. The Kier molecular flexibility index (Phi) is 2.21. The molecule has 0 radical (unpaired) electrons. The van der Waals surface area contributed by atoms with Gasteiger partial charge in [0, 0.05) is 18.4 Å². The molecule has 92 valence electrons. The van der Waals surface area contributed by atoms with Crippen molar-refractivity contribution in [2.75, 3.05) is 0 Å². The van der Waals surface area contributed by atoms with E-state index >= 15 is 0 Å². The van der Waals surface area contributed by atoms with Crippen LogP contribution in [0.25, 0.3) is 0 Å². The van der Waals surface area contributed by atoms with E-state index in [1.54, 1.807) is 0 Å².